The van der Waals surface area contributed by atoms with Crippen LogP contribution in [0.3, 0.4) is 0 Å². The van der Waals surface area contributed by atoms with Crippen LogP contribution in [0.2, 0.25) is 0 Å². The molecule has 0 spiro atoms. The molecule has 4 heteroatoms. The number of carboxylic acids is 1. The van der Waals surface area contributed by atoms with Crippen LogP contribution in [0.1, 0.15) is 31.9 Å². The molecule has 0 aliphatic heterocycles. The first-order valence-electron chi connectivity index (χ1n) is 4.73. The minimum absolute atomic E-state index is 0.0711. The van der Waals surface area contributed by atoms with E-state index in [1.54, 1.807) is 6.20 Å². The van der Waals surface area contributed by atoms with Crippen molar-refractivity contribution < 1.29 is 14.3 Å². The Bertz CT molecular complexity index is 304. The minimum atomic E-state index is -0.825. The third kappa shape index (κ3) is 3.60. The first kappa shape index (κ1) is 10.8. The Kier molecular flexibility index (Phi) is 3.68. The van der Waals surface area contributed by atoms with Gasteiger partial charge in [-0.2, -0.15) is 0 Å². The van der Waals surface area contributed by atoms with Gasteiger partial charge in [0.15, 0.2) is 5.89 Å². The van der Waals surface area contributed by atoms with E-state index in [9.17, 15) is 4.79 Å². The lowest BCUT2D eigenvalue weighted by atomic mass is 10.1. The van der Waals surface area contributed by atoms with E-state index < -0.39 is 5.97 Å². The number of nitrogens with zero attached hydrogens (tertiary/aromatic N) is 1. The monoisotopic (exact) mass is 197 g/mol. The van der Waals surface area contributed by atoms with Gasteiger partial charge in [0.25, 0.3) is 0 Å². The third-order valence-electron chi connectivity index (χ3n) is 1.76. The van der Waals surface area contributed by atoms with Crippen molar-refractivity contribution in [3.63, 3.8) is 0 Å². The number of hydrogen-bond acceptors (Lipinski definition) is 3. The van der Waals surface area contributed by atoms with Gasteiger partial charge >= 0.3 is 5.97 Å². The number of aromatic nitrogens is 1. The number of rotatable bonds is 5. The van der Waals surface area contributed by atoms with Crippen molar-refractivity contribution in [2.45, 2.75) is 33.1 Å². The van der Waals surface area contributed by atoms with Gasteiger partial charge in [-0.05, 0) is 5.92 Å². The van der Waals surface area contributed by atoms with Gasteiger partial charge in [-0.15, -0.1) is 0 Å². The molecule has 14 heavy (non-hydrogen) atoms. The predicted octanol–water partition coefficient (Wildman–Crippen LogP) is 1.89. The molecule has 1 rings (SSSR count). The summed E-state index contributed by atoms with van der Waals surface area (Å²) in [7, 11) is 0. The molecule has 0 aliphatic rings. The second kappa shape index (κ2) is 4.79. The van der Waals surface area contributed by atoms with Gasteiger partial charge in [-0.1, -0.05) is 13.8 Å². The lowest BCUT2D eigenvalue weighted by molar-refractivity contribution is -0.137. The van der Waals surface area contributed by atoms with Gasteiger partial charge in [-0.3, -0.25) is 4.79 Å². The number of carboxylic acid groups (broad SMARTS) is 1. The molecule has 0 unspecified atom stereocenters. The standard InChI is InChI=1S/C10H15NO3/c1-7(2)5-8-6-11-9(14-8)3-4-10(12)13/h6-7H,3-5H2,1-2H3,(H,12,13). The van der Waals surface area contributed by atoms with Gasteiger partial charge < -0.3 is 9.52 Å². The number of aliphatic carboxylic acids is 1. The van der Waals surface area contributed by atoms with E-state index in [1.807, 2.05) is 0 Å². The molecule has 0 amide bonds. The van der Waals surface area contributed by atoms with Crippen LogP contribution in [-0.2, 0) is 17.6 Å². The molecular weight excluding hydrogens is 182 g/mol. The van der Waals surface area contributed by atoms with Crippen LogP contribution in [0, 0.1) is 5.92 Å². The van der Waals surface area contributed by atoms with Crippen LogP contribution in [0.4, 0.5) is 0 Å². The van der Waals surface area contributed by atoms with Crippen molar-refractivity contribution in [1.29, 1.82) is 0 Å². The van der Waals surface area contributed by atoms with Crippen LogP contribution in [0.15, 0.2) is 10.6 Å². The molecule has 0 atom stereocenters. The Morgan fingerprint density at radius 2 is 2.36 bits per heavy atom. The summed E-state index contributed by atoms with van der Waals surface area (Å²) >= 11 is 0. The molecule has 0 saturated heterocycles. The summed E-state index contributed by atoms with van der Waals surface area (Å²) in [5, 5.41) is 8.46. The van der Waals surface area contributed by atoms with Crippen molar-refractivity contribution in [3.05, 3.63) is 17.8 Å². The summed E-state index contributed by atoms with van der Waals surface area (Å²) in [4.78, 5) is 14.3. The lowest BCUT2D eigenvalue weighted by Crippen LogP contribution is -1.97. The highest BCUT2D eigenvalue weighted by Crippen LogP contribution is 2.10. The first-order chi connectivity index (χ1) is 6.58. The van der Waals surface area contributed by atoms with E-state index in [-0.39, 0.29) is 6.42 Å². The van der Waals surface area contributed by atoms with Gasteiger partial charge in [0.2, 0.25) is 0 Å². The topological polar surface area (TPSA) is 63.3 Å². The average Bonchev–Trinajstić information content (AvgIpc) is 2.47. The van der Waals surface area contributed by atoms with Crippen LogP contribution < -0.4 is 0 Å². The highest BCUT2D eigenvalue weighted by molar-refractivity contribution is 5.66. The summed E-state index contributed by atoms with van der Waals surface area (Å²) in [6.45, 7) is 4.19. The second-order valence-electron chi connectivity index (χ2n) is 3.71. The summed E-state index contributed by atoms with van der Waals surface area (Å²) in [5.41, 5.74) is 0. The number of hydrogen-bond donors (Lipinski definition) is 1. The molecule has 1 aromatic heterocycles. The zero-order valence-electron chi connectivity index (χ0n) is 8.49. The molecule has 78 valence electrons. The largest absolute Gasteiger partial charge is 0.481 e. The number of carbonyl (C=O) groups is 1. The SMILES string of the molecule is CC(C)Cc1cnc(CCC(=O)O)o1. The van der Waals surface area contributed by atoms with Crippen LogP contribution >= 0.6 is 0 Å². The quantitative estimate of drug-likeness (QED) is 0.782. The van der Waals surface area contributed by atoms with Crippen molar-refractivity contribution >= 4 is 5.97 Å². The fourth-order valence-electron chi connectivity index (χ4n) is 1.17. The van der Waals surface area contributed by atoms with Crippen molar-refractivity contribution in [2.75, 3.05) is 0 Å². The molecule has 1 aromatic rings. The third-order valence-corrected chi connectivity index (χ3v) is 1.76. The Morgan fingerprint density at radius 1 is 1.64 bits per heavy atom. The fraction of sp³-hybridized carbons (Fsp3) is 0.600. The normalized spacial score (nSPS) is 10.8. The molecule has 0 aliphatic carbocycles. The van der Waals surface area contributed by atoms with Crippen molar-refractivity contribution in [1.82, 2.24) is 4.98 Å². The Morgan fingerprint density at radius 3 is 2.93 bits per heavy atom. The maximum absolute atomic E-state index is 10.3. The van der Waals surface area contributed by atoms with E-state index >= 15 is 0 Å². The summed E-state index contributed by atoms with van der Waals surface area (Å²) in [5.74, 6) is 1.05. The van der Waals surface area contributed by atoms with Gasteiger partial charge in [0.1, 0.15) is 5.76 Å². The predicted molar refractivity (Wildman–Crippen MR) is 51.0 cm³/mol. The van der Waals surface area contributed by atoms with E-state index in [0.717, 1.165) is 12.2 Å². The minimum Gasteiger partial charge on any atom is -0.481 e. The molecule has 0 bridgehead atoms. The first-order valence-corrected chi connectivity index (χ1v) is 4.73. The fourth-order valence-corrected chi connectivity index (χ4v) is 1.17. The smallest absolute Gasteiger partial charge is 0.303 e. The van der Waals surface area contributed by atoms with Gasteiger partial charge in [-0.25, -0.2) is 4.98 Å². The summed E-state index contributed by atoms with van der Waals surface area (Å²) < 4.78 is 5.37. The summed E-state index contributed by atoms with van der Waals surface area (Å²) in [6.07, 6.45) is 2.96. The van der Waals surface area contributed by atoms with Crippen molar-refractivity contribution in [2.24, 2.45) is 5.92 Å². The zero-order chi connectivity index (χ0) is 10.6. The molecule has 0 aromatic carbocycles. The second-order valence-corrected chi connectivity index (χ2v) is 3.71. The number of aryl methyl sites for hydroxylation is 1. The van der Waals surface area contributed by atoms with Crippen molar-refractivity contribution in [3.8, 4) is 0 Å². The van der Waals surface area contributed by atoms with E-state index in [2.05, 4.69) is 18.8 Å². The zero-order valence-corrected chi connectivity index (χ0v) is 8.49. The molecule has 4 nitrogen and oxygen atoms in total. The molecule has 0 fully saturated rings. The highest BCUT2D eigenvalue weighted by atomic mass is 16.4. The maximum Gasteiger partial charge on any atom is 0.303 e. The molecule has 0 saturated carbocycles. The average molecular weight is 197 g/mol. The Hall–Kier alpha value is -1.32. The lowest BCUT2D eigenvalue weighted by Gasteiger charge is -1.98. The Balaban J connectivity index is 2.46. The van der Waals surface area contributed by atoms with Gasteiger partial charge in [0.05, 0.1) is 12.6 Å². The maximum atomic E-state index is 10.3. The summed E-state index contributed by atoms with van der Waals surface area (Å²) in [6, 6.07) is 0. The van der Waals surface area contributed by atoms with Crippen LogP contribution in [-0.4, -0.2) is 16.1 Å². The highest BCUT2D eigenvalue weighted by Gasteiger charge is 2.07. The van der Waals surface area contributed by atoms with Gasteiger partial charge in [0, 0.05) is 12.8 Å². The van der Waals surface area contributed by atoms with Crippen LogP contribution in [0.25, 0.3) is 0 Å². The molecule has 0 radical (unpaired) electrons. The van der Waals surface area contributed by atoms with E-state index in [1.165, 1.54) is 0 Å². The Labute approximate surface area is 83.0 Å². The van der Waals surface area contributed by atoms with E-state index in [4.69, 9.17) is 9.52 Å². The molecule has 1 N–H and O–H groups in total. The molecule has 1 heterocycles. The van der Waals surface area contributed by atoms with E-state index in [0.29, 0.717) is 18.2 Å². The van der Waals surface area contributed by atoms with Crippen LogP contribution in [0.5, 0.6) is 0 Å². The number of oxazole rings is 1. The molecular formula is C10H15NO3.